The molecule has 0 saturated carbocycles. The van der Waals surface area contributed by atoms with Gasteiger partial charge in [-0.15, -0.1) is 0 Å². The molecule has 5 heteroatoms. The van der Waals surface area contributed by atoms with Gasteiger partial charge in [-0.05, 0) is 25.0 Å². The molecule has 2 N–H and O–H groups in total. The maximum atomic E-state index is 11.9. The van der Waals surface area contributed by atoms with Crippen LogP contribution in [0.5, 0.6) is 5.75 Å². The predicted octanol–water partition coefficient (Wildman–Crippen LogP) is 3.03. The molecule has 4 nitrogen and oxygen atoms in total. The van der Waals surface area contributed by atoms with Gasteiger partial charge in [0.25, 0.3) is 0 Å². The third-order valence-corrected chi connectivity index (χ3v) is 3.03. The van der Waals surface area contributed by atoms with E-state index in [1.165, 1.54) is 0 Å². The Morgan fingerprint density at radius 1 is 1.32 bits per heavy atom. The van der Waals surface area contributed by atoms with Gasteiger partial charge in [0.2, 0.25) is 5.91 Å². The number of rotatable bonds is 6. The zero-order chi connectivity index (χ0) is 14.4. The van der Waals surface area contributed by atoms with Crippen molar-refractivity contribution in [1.29, 1.82) is 0 Å². The molecule has 1 aromatic rings. The predicted molar refractivity (Wildman–Crippen MR) is 81.6 cm³/mol. The molecule has 1 atom stereocenters. The highest BCUT2D eigenvalue weighted by molar-refractivity contribution is 9.10. The quantitative estimate of drug-likeness (QED) is 0.843. The molecule has 1 unspecified atom stereocenters. The minimum absolute atomic E-state index is 0.00681. The van der Waals surface area contributed by atoms with Crippen LogP contribution in [0, 0.1) is 5.92 Å². The number of benzene rings is 1. The number of carbonyl (C=O) groups excluding carboxylic acids is 1. The van der Waals surface area contributed by atoms with Gasteiger partial charge in [0, 0.05) is 22.8 Å². The SMILES string of the molecule is COc1cc(Br)cc(NC(C)C(=O)NCC(C)C)c1. The van der Waals surface area contributed by atoms with Crippen molar-refractivity contribution >= 4 is 27.5 Å². The third kappa shape index (κ3) is 5.51. The fourth-order valence-corrected chi connectivity index (χ4v) is 2.01. The average Bonchev–Trinajstić information content (AvgIpc) is 2.34. The first-order valence-electron chi connectivity index (χ1n) is 6.31. The molecular weight excluding hydrogens is 308 g/mol. The first-order chi connectivity index (χ1) is 8.92. The molecular formula is C14H21BrN2O2. The molecule has 1 amide bonds. The van der Waals surface area contributed by atoms with Crippen molar-refractivity contribution in [3.63, 3.8) is 0 Å². The van der Waals surface area contributed by atoms with Gasteiger partial charge in [0.05, 0.1) is 7.11 Å². The first-order valence-corrected chi connectivity index (χ1v) is 7.10. The monoisotopic (exact) mass is 328 g/mol. The molecule has 0 radical (unpaired) electrons. The van der Waals surface area contributed by atoms with E-state index in [1.54, 1.807) is 7.11 Å². The fourth-order valence-electron chi connectivity index (χ4n) is 1.54. The van der Waals surface area contributed by atoms with E-state index in [0.29, 0.717) is 12.5 Å². The molecule has 0 aromatic heterocycles. The molecule has 19 heavy (non-hydrogen) atoms. The normalized spacial score (nSPS) is 12.1. The first kappa shape index (κ1) is 15.8. The highest BCUT2D eigenvalue weighted by Crippen LogP contribution is 2.24. The Morgan fingerprint density at radius 3 is 2.58 bits per heavy atom. The lowest BCUT2D eigenvalue weighted by molar-refractivity contribution is -0.121. The van der Waals surface area contributed by atoms with Gasteiger partial charge in [0.15, 0.2) is 0 Å². The Hall–Kier alpha value is -1.23. The van der Waals surface area contributed by atoms with Crippen LogP contribution in [0.4, 0.5) is 5.69 Å². The summed E-state index contributed by atoms with van der Waals surface area (Å²) < 4.78 is 6.09. The summed E-state index contributed by atoms with van der Waals surface area (Å²) in [5, 5.41) is 6.06. The smallest absolute Gasteiger partial charge is 0.242 e. The Morgan fingerprint density at radius 2 is 2.00 bits per heavy atom. The molecule has 0 saturated heterocycles. The number of halogens is 1. The van der Waals surface area contributed by atoms with E-state index >= 15 is 0 Å². The molecule has 106 valence electrons. The summed E-state index contributed by atoms with van der Waals surface area (Å²) in [6.45, 7) is 6.66. The minimum atomic E-state index is -0.294. The standard InChI is InChI=1S/C14H21BrN2O2/c1-9(2)8-16-14(18)10(3)17-12-5-11(15)6-13(7-12)19-4/h5-7,9-10,17H,8H2,1-4H3,(H,16,18). The summed E-state index contributed by atoms with van der Waals surface area (Å²) in [6.07, 6.45) is 0. The Bertz CT molecular complexity index is 435. The summed E-state index contributed by atoms with van der Waals surface area (Å²) in [7, 11) is 1.62. The van der Waals surface area contributed by atoms with Crippen molar-refractivity contribution in [1.82, 2.24) is 5.32 Å². The van der Waals surface area contributed by atoms with Gasteiger partial charge in [-0.3, -0.25) is 4.79 Å². The van der Waals surface area contributed by atoms with Crippen LogP contribution in [0.1, 0.15) is 20.8 Å². The van der Waals surface area contributed by atoms with Crippen LogP contribution in [0.15, 0.2) is 22.7 Å². The second-order valence-electron chi connectivity index (χ2n) is 4.88. The van der Waals surface area contributed by atoms with Crippen molar-refractivity contribution in [2.75, 3.05) is 19.0 Å². The molecule has 0 fully saturated rings. The number of anilines is 1. The second kappa shape index (κ2) is 7.38. The topological polar surface area (TPSA) is 50.4 Å². The Balaban J connectivity index is 2.63. The largest absolute Gasteiger partial charge is 0.497 e. The van der Waals surface area contributed by atoms with E-state index in [2.05, 4.69) is 40.4 Å². The summed E-state index contributed by atoms with van der Waals surface area (Å²) in [6, 6.07) is 5.35. The van der Waals surface area contributed by atoms with Gasteiger partial charge in [-0.2, -0.15) is 0 Å². The maximum Gasteiger partial charge on any atom is 0.242 e. The molecule has 1 aromatic carbocycles. The van der Waals surface area contributed by atoms with Crippen LogP contribution in [-0.4, -0.2) is 25.6 Å². The van der Waals surface area contributed by atoms with Crippen LogP contribution in [0.2, 0.25) is 0 Å². The highest BCUT2D eigenvalue weighted by Gasteiger charge is 2.13. The van der Waals surface area contributed by atoms with Crippen LogP contribution in [0.3, 0.4) is 0 Å². The number of nitrogens with one attached hydrogen (secondary N) is 2. The number of carbonyl (C=O) groups is 1. The van der Waals surface area contributed by atoms with E-state index < -0.39 is 0 Å². The van der Waals surface area contributed by atoms with Crippen LogP contribution < -0.4 is 15.4 Å². The Labute approximate surface area is 123 Å². The van der Waals surface area contributed by atoms with Crippen molar-refractivity contribution in [2.45, 2.75) is 26.8 Å². The van der Waals surface area contributed by atoms with Gasteiger partial charge in [-0.25, -0.2) is 0 Å². The van der Waals surface area contributed by atoms with Crippen molar-refractivity contribution in [3.05, 3.63) is 22.7 Å². The summed E-state index contributed by atoms with van der Waals surface area (Å²) >= 11 is 3.41. The summed E-state index contributed by atoms with van der Waals surface area (Å²) in [5.74, 6) is 1.18. The van der Waals surface area contributed by atoms with Gasteiger partial charge >= 0.3 is 0 Å². The molecule has 0 aliphatic heterocycles. The molecule has 0 aliphatic rings. The second-order valence-corrected chi connectivity index (χ2v) is 5.80. The Kier molecular flexibility index (Phi) is 6.15. The fraction of sp³-hybridized carbons (Fsp3) is 0.500. The minimum Gasteiger partial charge on any atom is -0.497 e. The zero-order valence-electron chi connectivity index (χ0n) is 11.8. The lowest BCUT2D eigenvalue weighted by Crippen LogP contribution is -2.39. The van der Waals surface area contributed by atoms with Crippen molar-refractivity contribution in [3.8, 4) is 5.75 Å². The van der Waals surface area contributed by atoms with Gasteiger partial charge < -0.3 is 15.4 Å². The summed E-state index contributed by atoms with van der Waals surface area (Å²) in [4.78, 5) is 11.9. The van der Waals surface area contributed by atoms with E-state index in [1.807, 2.05) is 25.1 Å². The molecule has 0 heterocycles. The molecule has 1 rings (SSSR count). The number of hydrogen-bond donors (Lipinski definition) is 2. The number of ether oxygens (including phenoxy) is 1. The maximum absolute atomic E-state index is 11.9. The molecule has 0 bridgehead atoms. The van der Waals surface area contributed by atoms with E-state index in [4.69, 9.17) is 4.74 Å². The van der Waals surface area contributed by atoms with E-state index in [9.17, 15) is 4.79 Å². The van der Waals surface area contributed by atoms with E-state index in [-0.39, 0.29) is 11.9 Å². The van der Waals surface area contributed by atoms with E-state index in [0.717, 1.165) is 15.9 Å². The van der Waals surface area contributed by atoms with Crippen molar-refractivity contribution < 1.29 is 9.53 Å². The summed E-state index contributed by atoms with van der Waals surface area (Å²) in [5.41, 5.74) is 0.846. The van der Waals surface area contributed by atoms with Crippen LogP contribution >= 0.6 is 15.9 Å². The van der Waals surface area contributed by atoms with Gasteiger partial charge in [0.1, 0.15) is 11.8 Å². The van der Waals surface area contributed by atoms with Crippen LogP contribution in [-0.2, 0) is 4.79 Å². The molecule has 0 spiro atoms. The lowest BCUT2D eigenvalue weighted by atomic mass is 10.2. The van der Waals surface area contributed by atoms with Gasteiger partial charge in [-0.1, -0.05) is 29.8 Å². The molecule has 0 aliphatic carbocycles. The number of amides is 1. The zero-order valence-corrected chi connectivity index (χ0v) is 13.4. The van der Waals surface area contributed by atoms with Crippen LogP contribution in [0.25, 0.3) is 0 Å². The highest BCUT2D eigenvalue weighted by atomic mass is 79.9. The van der Waals surface area contributed by atoms with Crippen molar-refractivity contribution in [2.24, 2.45) is 5.92 Å². The third-order valence-electron chi connectivity index (χ3n) is 2.57. The number of methoxy groups -OCH3 is 1. The average molecular weight is 329 g/mol. The number of hydrogen-bond acceptors (Lipinski definition) is 3. The lowest BCUT2D eigenvalue weighted by Gasteiger charge is -2.17.